The molecule has 2 aromatic heterocycles. The van der Waals surface area contributed by atoms with E-state index in [0.29, 0.717) is 16.8 Å². The number of carbonyl (C=O) groups excluding carboxylic acids is 1. The number of phenolic OH excluding ortho intramolecular Hbond substituents is 1. The van der Waals surface area contributed by atoms with Gasteiger partial charge in [-0.1, -0.05) is 12.1 Å². The molecule has 3 N–H and O–H groups in total. The Bertz CT molecular complexity index is 1200. The number of nitrogens with two attached hydrogens (primary N) is 1. The minimum atomic E-state index is -0.0850. The molecule has 1 amide bonds. The maximum Gasteiger partial charge on any atom is 0.270 e. The van der Waals surface area contributed by atoms with Crippen LogP contribution in [-0.2, 0) is 0 Å². The summed E-state index contributed by atoms with van der Waals surface area (Å²) in [7, 11) is 3.40. The number of nitrogens with zero attached hydrogens (tertiary/aromatic N) is 5. The van der Waals surface area contributed by atoms with Crippen molar-refractivity contribution >= 4 is 11.7 Å². The third-order valence-electron chi connectivity index (χ3n) is 4.38. The average molecular weight is 402 g/mol. The summed E-state index contributed by atoms with van der Waals surface area (Å²) < 4.78 is 5.71. The Labute approximate surface area is 171 Å². The summed E-state index contributed by atoms with van der Waals surface area (Å²) in [4.78, 5) is 22.3. The molecule has 0 aliphatic rings. The van der Waals surface area contributed by atoms with Crippen molar-refractivity contribution in [3.05, 3.63) is 60.3 Å². The highest BCUT2D eigenvalue weighted by molar-refractivity contribution is 5.94. The molecule has 0 fully saturated rings. The summed E-state index contributed by atoms with van der Waals surface area (Å²) in [5.74, 6) is 0.601. The Hall–Kier alpha value is -4.27. The summed E-state index contributed by atoms with van der Waals surface area (Å²) >= 11 is 0. The van der Waals surface area contributed by atoms with Crippen LogP contribution in [-0.4, -0.2) is 50.2 Å². The lowest BCUT2D eigenvalue weighted by atomic mass is 10.1. The zero-order chi connectivity index (χ0) is 21.3. The number of benzene rings is 2. The molecule has 150 valence electrons. The highest BCUT2D eigenvalue weighted by Gasteiger charge is 2.17. The number of carbonyl (C=O) groups is 1. The molecule has 0 aliphatic carbocycles. The van der Waals surface area contributed by atoms with Gasteiger partial charge in [0.2, 0.25) is 5.89 Å². The lowest BCUT2D eigenvalue weighted by Gasteiger charge is -2.10. The summed E-state index contributed by atoms with van der Waals surface area (Å²) in [5, 5.41) is 17.5. The molecule has 9 nitrogen and oxygen atoms in total. The molecule has 4 aromatic rings. The monoisotopic (exact) mass is 402 g/mol. The zero-order valence-corrected chi connectivity index (χ0v) is 16.3. The van der Waals surface area contributed by atoms with E-state index in [1.807, 2.05) is 0 Å². The summed E-state index contributed by atoms with van der Waals surface area (Å²) in [6.07, 6.45) is 1.54. The van der Waals surface area contributed by atoms with Crippen molar-refractivity contribution in [2.45, 2.75) is 0 Å². The van der Waals surface area contributed by atoms with Crippen LogP contribution >= 0.6 is 0 Å². The number of rotatable bonds is 4. The number of hydrogen-bond acceptors (Lipinski definition) is 8. The van der Waals surface area contributed by atoms with Gasteiger partial charge in [-0.3, -0.25) is 4.79 Å². The second-order valence-electron chi connectivity index (χ2n) is 6.73. The van der Waals surface area contributed by atoms with Crippen molar-refractivity contribution in [2.24, 2.45) is 0 Å². The van der Waals surface area contributed by atoms with Crippen LogP contribution < -0.4 is 5.73 Å². The minimum absolute atomic E-state index is 0.0850. The van der Waals surface area contributed by atoms with E-state index in [-0.39, 0.29) is 34.9 Å². The van der Waals surface area contributed by atoms with Crippen molar-refractivity contribution < 1.29 is 14.3 Å². The molecule has 2 heterocycles. The van der Waals surface area contributed by atoms with Crippen molar-refractivity contribution in [3.8, 4) is 40.0 Å². The number of phenols is 1. The van der Waals surface area contributed by atoms with Crippen LogP contribution in [0.3, 0.4) is 0 Å². The van der Waals surface area contributed by atoms with Gasteiger partial charge < -0.3 is 20.2 Å². The van der Waals surface area contributed by atoms with E-state index >= 15 is 0 Å². The molecule has 0 aliphatic heterocycles. The van der Waals surface area contributed by atoms with Gasteiger partial charge >= 0.3 is 0 Å². The molecule has 4 rings (SSSR count). The first-order valence-electron chi connectivity index (χ1n) is 9.00. The fourth-order valence-corrected chi connectivity index (χ4v) is 2.78. The normalized spacial score (nSPS) is 10.7. The molecule has 0 radical (unpaired) electrons. The number of aromatic nitrogens is 4. The Kier molecular flexibility index (Phi) is 4.85. The maximum atomic E-state index is 12.1. The predicted octanol–water partition coefficient (Wildman–Crippen LogP) is 2.85. The third-order valence-corrected chi connectivity index (χ3v) is 4.38. The standard InChI is InChI=1S/C21H18N6O3/c1-27(2)21(29)14-5-3-12(4-6-14)16-11-23-18(22)17(24-16)20-26-25-19(30-20)13-7-9-15(28)10-8-13/h3-11,28H,1-2H3,(H2,22,23). The van der Waals surface area contributed by atoms with Crippen LogP contribution in [0.1, 0.15) is 10.4 Å². The quantitative estimate of drug-likeness (QED) is 0.533. The van der Waals surface area contributed by atoms with Gasteiger partial charge in [-0.05, 0) is 36.4 Å². The Balaban J connectivity index is 1.66. The third kappa shape index (κ3) is 3.68. The molecule has 2 aromatic carbocycles. The number of aromatic hydroxyl groups is 1. The van der Waals surface area contributed by atoms with Gasteiger partial charge in [-0.15, -0.1) is 10.2 Å². The van der Waals surface area contributed by atoms with E-state index in [0.717, 1.165) is 5.56 Å². The summed E-state index contributed by atoms with van der Waals surface area (Å²) in [6, 6.07) is 13.4. The second-order valence-corrected chi connectivity index (χ2v) is 6.73. The molecule has 0 unspecified atom stereocenters. The average Bonchev–Trinajstić information content (AvgIpc) is 3.24. The molecule has 0 spiro atoms. The van der Waals surface area contributed by atoms with Crippen LogP contribution in [0.5, 0.6) is 5.75 Å². The first kappa shape index (κ1) is 19.1. The van der Waals surface area contributed by atoms with Crippen molar-refractivity contribution in [2.75, 3.05) is 19.8 Å². The topological polar surface area (TPSA) is 131 Å². The molecular weight excluding hydrogens is 384 g/mol. The van der Waals surface area contributed by atoms with Gasteiger partial charge in [0.1, 0.15) is 5.75 Å². The van der Waals surface area contributed by atoms with Crippen molar-refractivity contribution in [3.63, 3.8) is 0 Å². The Morgan fingerprint density at radius 2 is 1.60 bits per heavy atom. The smallest absolute Gasteiger partial charge is 0.270 e. The first-order chi connectivity index (χ1) is 14.4. The van der Waals surface area contributed by atoms with E-state index in [1.54, 1.807) is 56.7 Å². The van der Waals surface area contributed by atoms with Crippen molar-refractivity contribution in [1.29, 1.82) is 0 Å². The van der Waals surface area contributed by atoms with Crippen LogP contribution in [0, 0.1) is 0 Å². The number of anilines is 1. The number of amides is 1. The molecule has 0 bridgehead atoms. The van der Waals surface area contributed by atoms with E-state index in [9.17, 15) is 9.90 Å². The largest absolute Gasteiger partial charge is 0.508 e. The van der Waals surface area contributed by atoms with E-state index in [1.165, 1.54) is 17.0 Å². The van der Waals surface area contributed by atoms with Gasteiger partial charge in [0, 0.05) is 30.8 Å². The summed E-state index contributed by atoms with van der Waals surface area (Å²) in [5.41, 5.74) is 8.77. The van der Waals surface area contributed by atoms with Gasteiger partial charge in [-0.25, -0.2) is 9.97 Å². The second kappa shape index (κ2) is 7.63. The fraction of sp³-hybridized carbons (Fsp3) is 0.0952. The van der Waals surface area contributed by atoms with Gasteiger partial charge in [-0.2, -0.15) is 0 Å². The van der Waals surface area contributed by atoms with Crippen molar-refractivity contribution in [1.82, 2.24) is 25.1 Å². The number of hydrogen-bond donors (Lipinski definition) is 2. The van der Waals surface area contributed by atoms with Crippen LogP contribution in [0.25, 0.3) is 34.3 Å². The van der Waals surface area contributed by atoms with E-state index in [4.69, 9.17) is 10.2 Å². The van der Waals surface area contributed by atoms with Crippen LogP contribution in [0.2, 0.25) is 0 Å². The van der Waals surface area contributed by atoms with E-state index in [2.05, 4.69) is 20.2 Å². The SMILES string of the molecule is CN(C)C(=O)c1ccc(-c2cnc(N)c(-c3nnc(-c4ccc(O)cc4)o3)n2)cc1. The molecule has 0 saturated carbocycles. The first-order valence-corrected chi connectivity index (χ1v) is 9.00. The Morgan fingerprint density at radius 1 is 0.967 bits per heavy atom. The minimum Gasteiger partial charge on any atom is -0.508 e. The van der Waals surface area contributed by atoms with Gasteiger partial charge in [0.05, 0.1) is 11.9 Å². The van der Waals surface area contributed by atoms with Gasteiger partial charge in [0.15, 0.2) is 11.5 Å². The molecular formula is C21H18N6O3. The molecule has 0 saturated heterocycles. The zero-order valence-electron chi connectivity index (χ0n) is 16.3. The molecule has 30 heavy (non-hydrogen) atoms. The lowest BCUT2D eigenvalue weighted by Crippen LogP contribution is -2.21. The van der Waals surface area contributed by atoms with Gasteiger partial charge in [0.25, 0.3) is 11.8 Å². The number of nitrogen functional groups attached to an aromatic ring is 1. The summed E-state index contributed by atoms with van der Waals surface area (Å²) in [6.45, 7) is 0. The van der Waals surface area contributed by atoms with E-state index < -0.39 is 0 Å². The fourth-order valence-electron chi connectivity index (χ4n) is 2.78. The Morgan fingerprint density at radius 3 is 2.27 bits per heavy atom. The molecule has 0 atom stereocenters. The molecule has 9 heteroatoms. The van der Waals surface area contributed by atoms with Crippen LogP contribution in [0.4, 0.5) is 5.82 Å². The lowest BCUT2D eigenvalue weighted by molar-refractivity contribution is 0.0827. The predicted molar refractivity (Wildman–Crippen MR) is 110 cm³/mol. The highest BCUT2D eigenvalue weighted by atomic mass is 16.4. The maximum absolute atomic E-state index is 12.1. The van der Waals surface area contributed by atoms with Crippen LogP contribution in [0.15, 0.2) is 59.1 Å². The highest BCUT2D eigenvalue weighted by Crippen LogP contribution is 2.28.